The predicted octanol–water partition coefficient (Wildman–Crippen LogP) is 3.40. The normalized spacial score (nSPS) is 15.4. The van der Waals surface area contributed by atoms with Crippen molar-refractivity contribution >= 4 is 40.0 Å². The first kappa shape index (κ1) is 15.9. The summed E-state index contributed by atoms with van der Waals surface area (Å²) in [5.74, 6) is -0.160. The van der Waals surface area contributed by atoms with E-state index in [4.69, 9.17) is 9.68 Å². The van der Waals surface area contributed by atoms with Crippen LogP contribution in [0.15, 0.2) is 46.0 Å². The van der Waals surface area contributed by atoms with Crippen molar-refractivity contribution in [2.24, 2.45) is 0 Å². The van der Waals surface area contributed by atoms with Crippen LogP contribution >= 0.6 is 11.8 Å². The van der Waals surface area contributed by atoms with Gasteiger partial charge in [-0.15, -0.1) is 0 Å². The molecule has 0 saturated carbocycles. The van der Waals surface area contributed by atoms with Crippen LogP contribution in [0.3, 0.4) is 0 Å². The lowest BCUT2D eigenvalue weighted by Crippen LogP contribution is -2.17. The van der Waals surface area contributed by atoms with E-state index in [1.165, 1.54) is 12.1 Å². The van der Waals surface area contributed by atoms with E-state index >= 15 is 0 Å². The second-order valence-corrected chi connectivity index (χ2v) is 6.46. The van der Waals surface area contributed by atoms with Crippen LogP contribution in [-0.2, 0) is 4.79 Å². The van der Waals surface area contributed by atoms with Crippen LogP contribution in [0.1, 0.15) is 11.3 Å². The summed E-state index contributed by atoms with van der Waals surface area (Å²) in [5.41, 5.74) is 1.97. The van der Waals surface area contributed by atoms with Gasteiger partial charge in [-0.05, 0) is 35.5 Å². The molecule has 3 aromatic rings. The summed E-state index contributed by atoms with van der Waals surface area (Å²) >= 11 is 0.808. The van der Waals surface area contributed by atoms with Gasteiger partial charge in [-0.3, -0.25) is 19.9 Å². The summed E-state index contributed by atoms with van der Waals surface area (Å²) in [6.45, 7) is 0. The third-order valence-corrected chi connectivity index (χ3v) is 4.60. The fraction of sp³-hybridized carbons (Fsp3) is 0. The number of rotatable bonds is 2. The van der Waals surface area contributed by atoms with E-state index in [-0.39, 0.29) is 16.2 Å². The Bertz CT molecular complexity index is 1160. The molecular weight excluding hydrogens is 354 g/mol. The minimum atomic E-state index is -0.462. The van der Waals surface area contributed by atoms with Crippen molar-refractivity contribution in [3.05, 3.63) is 52.9 Å². The van der Waals surface area contributed by atoms with E-state index in [0.717, 1.165) is 11.8 Å². The average molecular weight is 363 g/mol. The van der Waals surface area contributed by atoms with Crippen LogP contribution < -0.4 is 5.32 Å². The first-order valence-corrected chi connectivity index (χ1v) is 8.22. The Hall–Kier alpha value is -3.57. The molecule has 0 unspecified atom stereocenters. The fourth-order valence-corrected chi connectivity index (χ4v) is 3.26. The van der Waals surface area contributed by atoms with E-state index in [2.05, 4.69) is 10.3 Å². The van der Waals surface area contributed by atoms with Gasteiger partial charge in [0.2, 0.25) is 0 Å². The number of hydrogen-bond donors (Lipinski definition) is 2. The highest BCUT2D eigenvalue weighted by Crippen LogP contribution is 2.34. The van der Waals surface area contributed by atoms with Gasteiger partial charge < -0.3 is 9.52 Å². The number of nitriles is 1. The molecule has 2 aromatic heterocycles. The van der Waals surface area contributed by atoms with Crippen LogP contribution in [0.2, 0.25) is 0 Å². The van der Waals surface area contributed by atoms with Gasteiger partial charge in [0.1, 0.15) is 23.2 Å². The SMILES string of the molecule is N#Cc1cc(-c2cncc3cc(/C=C4\SC(=O)NC4=O)oc23)ccc1O. The summed E-state index contributed by atoms with van der Waals surface area (Å²) in [7, 11) is 0. The second-order valence-electron chi connectivity index (χ2n) is 5.45. The molecule has 8 heteroatoms. The Morgan fingerprint density at radius 1 is 1.27 bits per heavy atom. The molecule has 26 heavy (non-hydrogen) atoms. The molecule has 0 aliphatic carbocycles. The zero-order valence-electron chi connectivity index (χ0n) is 13.0. The third kappa shape index (κ3) is 2.70. The number of carbonyl (C=O) groups is 2. The molecule has 1 saturated heterocycles. The number of carbonyl (C=O) groups excluding carboxylic acids is 2. The van der Waals surface area contributed by atoms with E-state index in [9.17, 15) is 14.7 Å². The number of amides is 2. The molecule has 126 valence electrons. The van der Waals surface area contributed by atoms with Gasteiger partial charge >= 0.3 is 0 Å². The summed E-state index contributed by atoms with van der Waals surface area (Å²) in [6, 6.07) is 8.28. The first-order valence-electron chi connectivity index (χ1n) is 7.41. The van der Waals surface area contributed by atoms with Gasteiger partial charge in [-0.2, -0.15) is 5.26 Å². The zero-order chi connectivity index (χ0) is 18.3. The Kier molecular flexibility index (Phi) is 3.71. The maximum atomic E-state index is 11.7. The van der Waals surface area contributed by atoms with E-state index in [1.807, 2.05) is 6.07 Å². The number of thioether (sulfide) groups is 1. The molecule has 2 amide bonds. The molecule has 0 radical (unpaired) electrons. The number of aromatic nitrogens is 1. The fourth-order valence-electron chi connectivity index (χ4n) is 2.60. The maximum Gasteiger partial charge on any atom is 0.290 e. The van der Waals surface area contributed by atoms with Crippen LogP contribution in [0.25, 0.3) is 28.2 Å². The predicted molar refractivity (Wildman–Crippen MR) is 94.9 cm³/mol. The minimum absolute atomic E-state index is 0.102. The van der Waals surface area contributed by atoms with Crippen molar-refractivity contribution in [2.75, 3.05) is 0 Å². The van der Waals surface area contributed by atoms with Crippen molar-refractivity contribution in [3.63, 3.8) is 0 Å². The average Bonchev–Trinajstić information content (AvgIpc) is 3.17. The number of phenolic OH excluding ortho intramolecular Hbond substituents is 1. The van der Waals surface area contributed by atoms with Gasteiger partial charge in [-0.25, -0.2) is 0 Å². The number of imide groups is 1. The monoisotopic (exact) mass is 363 g/mol. The van der Waals surface area contributed by atoms with Gasteiger partial charge in [0.05, 0.1) is 10.5 Å². The molecule has 0 atom stereocenters. The third-order valence-electron chi connectivity index (χ3n) is 3.79. The van der Waals surface area contributed by atoms with Crippen molar-refractivity contribution in [1.29, 1.82) is 5.26 Å². The molecule has 0 spiro atoms. The second kappa shape index (κ2) is 6.06. The minimum Gasteiger partial charge on any atom is -0.507 e. The van der Waals surface area contributed by atoms with Gasteiger partial charge in [0, 0.05) is 29.4 Å². The number of fused-ring (bicyclic) bond motifs is 1. The lowest BCUT2D eigenvalue weighted by molar-refractivity contribution is -0.115. The quantitative estimate of drug-likeness (QED) is 0.670. The van der Waals surface area contributed by atoms with Crippen molar-refractivity contribution in [2.45, 2.75) is 0 Å². The van der Waals surface area contributed by atoms with E-state index in [0.29, 0.717) is 27.9 Å². The van der Waals surface area contributed by atoms with Crippen LogP contribution in [-0.4, -0.2) is 21.2 Å². The molecule has 3 heterocycles. The number of benzene rings is 1. The number of phenols is 1. The highest BCUT2D eigenvalue weighted by Gasteiger charge is 2.25. The molecule has 7 nitrogen and oxygen atoms in total. The summed E-state index contributed by atoms with van der Waals surface area (Å²) in [4.78, 5) is 27.3. The molecule has 1 fully saturated rings. The Labute approximate surface area is 150 Å². The first-order chi connectivity index (χ1) is 12.5. The number of pyridine rings is 1. The Balaban J connectivity index is 1.82. The van der Waals surface area contributed by atoms with Crippen LogP contribution in [0, 0.1) is 11.3 Å². The summed E-state index contributed by atoms with van der Waals surface area (Å²) in [6.07, 6.45) is 4.70. The number of hydrogen-bond acceptors (Lipinski definition) is 7. The summed E-state index contributed by atoms with van der Waals surface area (Å²) in [5, 5.41) is 21.2. The summed E-state index contributed by atoms with van der Waals surface area (Å²) < 4.78 is 5.84. The van der Waals surface area contributed by atoms with Crippen molar-refractivity contribution in [1.82, 2.24) is 10.3 Å². The highest BCUT2D eigenvalue weighted by molar-refractivity contribution is 8.18. The molecule has 0 bridgehead atoms. The standard InChI is InChI=1S/C18H9N3O4S/c19-6-10-3-9(1-2-14(10)22)13-8-20-7-11-4-12(25-16(11)13)5-15-17(23)21-18(24)26-15/h1-5,7-8,22H,(H,21,23,24)/b15-5-. The molecule has 2 N–H and O–H groups in total. The molecule has 4 rings (SSSR count). The largest absolute Gasteiger partial charge is 0.507 e. The number of nitrogens with one attached hydrogen (secondary N) is 1. The van der Waals surface area contributed by atoms with Crippen LogP contribution in [0.4, 0.5) is 4.79 Å². The van der Waals surface area contributed by atoms with Gasteiger partial charge in [-0.1, -0.05) is 6.07 Å². The van der Waals surface area contributed by atoms with Gasteiger partial charge in [0.15, 0.2) is 0 Å². The number of furan rings is 1. The van der Waals surface area contributed by atoms with Crippen molar-refractivity contribution in [3.8, 4) is 22.9 Å². The van der Waals surface area contributed by atoms with E-state index in [1.54, 1.807) is 30.6 Å². The molecular formula is C18H9N3O4S. The molecule has 1 aliphatic rings. The smallest absolute Gasteiger partial charge is 0.290 e. The number of aromatic hydroxyl groups is 1. The topological polar surface area (TPSA) is 116 Å². The highest BCUT2D eigenvalue weighted by atomic mass is 32.2. The van der Waals surface area contributed by atoms with Crippen molar-refractivity contribution < 1.29 is 19.1 Å². The van der Waals surface area contributed by atoms with Gasteiger partial charge in [0.25, 0.3) is 11.1 Å². The Morgan fingerprint density at radius 2 is 2.12 bits per heavy atom. The maximum absolute atomic E-state index is 11.7. The number of nitrogens with zero attached hydrogens (tertiary/aromatic N) is 2. The molecule has 1 aromatic carbocycles. The lowest BCUT2D eigenvalue weighted by Gasteiger charge is -2.03. The van der Waals surface area contributed by atoms with E-state index < -0.39 is 11.1 Å². The lowest BCUT2D eigenvalue weighted by atomic mass is 10.0. The molecule has 1 aliphatic heterocycles. The Morgan fingerprint density at radius 3 is 2.85 bits per heavy atom. The van der Waals surface area contributed by atoms with Crippen LogP contribution in [0.5, 0.6) is 5.75 Å². The zero-order valence-corrected chi connectivity index (χ0v) is 13.8.